The Bertz CT molecular complexity index is 434. The van der Waals surface area contributed by atoms with E-state index in [1.807, 2.05) is 0 Å². The van der Waals surface area contributed by atoms with E-state index < -0.39 is 0 Å². The van der Waals surface area contributed by atoms with Gasteiger partial charge in [-0.15, -0.1) is 0 Å². The number of anilines is 1. The number of amides is 1. The van der Waals surface area contributed by atoms with Gasteiger partial charge in [-0.25, -0.2) is 9.38 Å². The van der Waals surface area contributed by atoms with Gasteiger partial charge in [0.25, 0.3) is 0 Å². The third kappa shape index (κ3) is 6.37. The number of halogens is 1. The molecule has 0 aliphatic rings. The van der Waals surface area contributed by atoms with Gasteiger partial charge < -0.3 is 21.1 Å². The second kappa shape index (κ2) is 8.04. The first-order valence-electron chi connectivity index (χ1n) is 5.70. The summed E-state index contributed by atoms with van der Waals surface area (Å²) in [6.07, 6.45) is 0. The second-order valence-electron chi connectivity index (χ2n) is 3.68. The minimum atomic E-state index is -0.359. The van der Waals surface area contributed by atoms with Crippen molar-refractivity contribution in [3.63, 3.8) is 0 Å². The number of aliphatic imine (C=N–C) groups is 1. The van der Waals surface area contributed by atoms with Gasteiger partial charge in [0.1, 0.15) is 12.4 Å². The molecule has 0 heterocycles. The van der Waals surface area contributed by atoms with Crippen LogP contribution in [-0.2, 0) is 9.53 Å². The van der Waals surface area contributed by atoms with Crippen LogP contribution < -0.4 is 16.4 Å². The number of methoxy groups -OCH3 is 1. The van der Waals surface area contributed by atoms with E-state index in [2.05, 4.69) is 15.6 Å². The Morgan fingerprint density at radius 3 is 2.74 bits per heavy atom. The van der Waals surface area contributed by atoms with Crippen LogP contribution in [0.2, 0.25) is 0 Å². The van der Waals surface area contributed by atoms with Crippen molar-refractivity contribution in [2.75, 3.05) is 32.1 Å². The van der Waals surface area contributed by atoms with Crippen molar-refractivity contribution < 1.29 is 13.9 Å². The molecule has 0 bridgehead atoms. The number of ether oxygens (including phenoxy) is 1. The molecule has 6 nitrogen and oxygen atoms in total. The Morgan fingerprint density at radius 1 is 1.42 bits per heavy atom. The highest BCUT2D eigenvalue weighted by atomic mass is 19.1. The van der Waals surface area contributed by atoms with Crippen LogP contribution in [-0.4, -0.2) is 38.7 Å². The van der Waals surface area contributed by atoms with Gasteiger partial charge in [-0.2, -0.15) is 0 Å². The largest absolute Gasteiger partial charge is 0.383 e. The molecule has 4 N–H and O–H groups in total. The molecule has 1 aromatic carbocycles. The fraction of sp³-hybridized carbons (Fsp3) is 0.333. The molecule has 0 atom stereocenters. The Labute approximate surface area is 110 Å². The summed E-state index contributed by atoms with van der Waals surface area (Å²) in [5, 5.41) is 5.35. The Hall–Kier alpha value is -2.15. The molecular weight excluding hydrogens is 251 g/mol. The van der Waals surface area contributed by atoms with E-state index in [1.54, 1.807) is 7.11 Å². The lowest BCUT2D eigenvalue weighted by Crippen LogP contribution is -2.35. The lowest BCUT2D eigenvalue weighted by molar-refractivity contribution is -0.114. The van der Waals surface area contributed by atoms with Crippen molar-refractivity contribution in [3.8, 4) is 0 Å². The molecule has 104 valence electrons. The number of benzene rings is 1. The van der Waals surface area contributed by atoms with Crippen molar-refractivity contribution in [1.82, 2.24) is 5.32 Å². The number of hydrogen-bond donors (Lipinski definition) is 3. The Morgan fingerprint density at radius 2 is 2.11 bits per heavy atom. The van der Waals surface area contributed by atoms with Gasteiger partial charge in [-0.3, -0.25) is 4.79 Å². The molecule has 7 heteroatoms. The van der Waals surface area contributed by atoms with Gasteiger partial charge in [0.05, 0.1) is 6.61 Å². The first-order valence-corrected chi connectivity index (χ1v) is 5.70. The predicted octanol–water partition coefficient (Wildman–Crippen LogP) is 0.315. The van der Waals surface area contributed by atoms with Crippen LogP contribution in [0.15, 0.2) is 29.3 Å². The van der Waals surface area contributed by atoms with Crippen LogP contribution in [0.4, 0.5) is 10.1 Å². The van der Waals surface area contributed by atoms with Crippen molar-refractivity contribution in [1.29, 1.82) is 0 Å². The zero-order valence-electron chi connectivity index (χ0n) is 10.6. The number of nitrogens with two attached hydrogens (primary N) is 1. The van der Waals surface area contributed by atoms with E-state index >= 15 is 0 Å². The molecule has 0 fully saturated rings. The zero-order chi connectivity index (χ0) is 14.1. The average molecular weight is 268 g/mol. The minimum absolute atomic E-state index is 0.108. The maximum absolute atomic E-state index is 12.7. The summed E-state index contributed by atoms with van der Waals surface area (Å²) in [5.41, 5.74) is 6.04. The molecule has 0 radical (unpaired) electrons. The summed E-state index contributed by atoms with van der Waals surface area (Å²) in [6, 6.07) is 5.47. The van der Waals surface area contributed by atoms with E-state index in [0.29, 0.717) is 18.8 Å². The topological polar surface area (TPSA) is 88.7 Å². The number of guanidine groups is 1. The molecular formula is C12H17FN4O2. The normalized spacial score (nSPS) is 11.2. The molecule has 0 aromatic heterocycles. The first-order chi connectivity index (χ1) is 9.11. The van der Waals surface area contributed by atoms with Gasteiger partial charge in [-0.1, -0.05) is 0 Å². The van der Waals surface area contributed by atoms with Crippen molar-refractivity contribution in [2.24, 2.45) is 10.7 Å². The minimum Gasteiger partial charge on any atom is -0.383 e. The second-order valence-corrected chi connectivity index (χ2v) is 3.68. The average Bonchev–Trinajstić information content (AvgIpc) is 2.39. The van der Waals surface area contributed by atoms with Crippen LogP contribution in [0.25, 0.3) is 0 Å². The number of carbonyl (C=O) groups is 1. The molecule has 0 saturated carbocycles. The molecule has 1 aromatic rings. The monoisotopic (exact) mass is 268 g/mol. The molecule has 19 heavy (non-hydrogen) atoms. The molecule has 0 spiro atoms. The summed E-state index contributed by atoms with van der Waals surface area (Å²) in [5.74, 6) is -0.517. The molecule has 0 aliphatic carbocycles. The Balaban J connectivity index is 2.34. The van der Waals surface area contributed by atoms with Gasteiger partial charge in [-0.05, 0) is 24.3 Å². The number of carbonyl (C=O) groups excluding carboxylic acids is 1. The SMILES string of the molecule is COCCNC(N)=NCC(=O)Nc1ccc(F)cc1. The van der Waals surface area contributed by atoms with Crippen LogP contribution >= 0.6 is 0 Å². The highest BCUT2D eigenvalue weighted by Gasteiger charge is 2.01. The third-order valence-corrected chi connectivity index (χ3v) is 2.13. The van der Waals surface area contributed by atoms with Crippen molar-refractivity contribution >= 4 is 17.6 Å². The number of rotatable bonds is 6. The Kier molecular flexibility index (Phi) is 6.31. The summed E-state index contributed by atoms with van der Waals surface area (Å²) < 4.78 is 17.5. The molecule has 0 unspecified atom stereocenters. The lowest BCUT2D eigenvalue weighted by Gasteiger charge is -2.05. The van der Waals surface area contributed by atoms with Crippen LogP contribution in [0.5, 0.6) is 0 Å². The van der Waals surface area contributed by atoms with E-state index in [0.717, 1.165) is 0 Å². The molecule has 1 amide bonds. The summed E-state index contributed by atoms with van der Waals surface area (Å²) >= 11 is 0. The zero-order valence-corrected chi connectivity index (χ0v) is 10.6. The van der Waals surface area contributed by atoms with Gasteiger partial charge in [0.15, 0.2) is 5.96 Å². The molecule has 0 aliphatic heterocycles. The maximum atomic E-state index is 12.7. The van der Waals surface area contributed by atoms with E-state index in [1.165, 1.54) is 24.3 Å². The number of nitrogens with one attached hydrogen (secondary N) is 2. The molecule has 1 rings (SSSR count). The summed E-state index contributed by atoms with van der Waals surface area (Å²) in [6.45, 7) is 0.909. The number of hydrogen-bond acceptors (Lipinski definition) is 3. The third-order valence-electron chi connectivity index (χ3n) is 2.13. The van der Waals surface area contributed by atoms with Gasteiger partial charge >= 0.3 is 0 Å². The first kappa shape index (κ1) is 14.9. The van der Waals surface area contributed by atoms with Crippen LogP contribution in [0, 0.1) is 5.82 Å². The highest BCUT2D eigenvalue weighted by molar-refractivity contribution is 5.93. The summed E-state index contributed by atoms with van der Waals surface area (Å²) in [7, 11) is 1.57. The fourth-order valence-corrected chi connectivity index (χ4v) is 1.23. The number of nitrogens with zero attached hydrogens (tertiary/aromatic N) is 1. The highest BCUT2D eigenvalue weighted by Crippen LogP contribution is 2.07. The fourth-order valence-electron chi connectivity index (χ4n) is 1.23. The maximum Gasteiger partial charge on any atom is 0.246 e. The van der Waals surface area contributed by atoms with Crippen molar-refractivity contribution in [2.45, 2.75) is 0 Å². The predicted molar refractivity (Wildman–Crippen MR) is 71.4 cm³/mol. The molecule has 0 saturated heterocycles. The van der Waals surface area contributed by atoms with Crippen LogP contribution in [0.3, 0.4) is 0 Å². The van der Waals surface area contributed by atoms with Crippen LogP contribution in [0.1, 0.15) is 0 Å². The standard InChI is InChI=1S/C12H17FN4O2/c1-19-7-6-15-12(14)16-8-11(18)17-10-4-2-9(13)3-5-10/h2-5H,6-8H2,1H3,(H,17,18)(H3,14,15,16). The van der Waals surface area contributed by atoms with Crippen molar-refractivity contribution in [3.05, 3.63) is 30.1 Å². The van der Waals surface area contributed by atoms with E-state index in [4.69, 9.17) is 10.5 Å². The van der Waals surface area contributed by atoms with Gasteiger partial charge in [0.2, 0.25) is 5.91 Å². The lowest BCUT2D eigenvalue weighted by atomic mass is 10.3. The quantitative estimate of drug-likeness (QED) is 0.394. The van der Waals surface area contributed by atoms with E-state index in [9.17, 15) is 9.18 Å². The van der Waals surface area contributed by atoms with Gasteiger partial charge in [0, 0.05) is 19.3 Å². The summed E-state index contributed by atoms with van der Waals surface area (Å²) in [4.78, 5) is 15.4. The van der Waals surface area contributed by atoms with E-state index in [-0.39, 0.29) is 24.2 Å². The smallest absolute Gasteiger partial charge is 0.246 e.